The predicted molar refractivity (Wildman–Crippen MR) is 28.3 cm³/mol. The van der Waals surface area contributed by atoms with Crippen molar-refractivity contribution in [2.75, 3.05) is 0 Å². The summed E-state index contributed by atoms with van der Waals surface area (Å²) in [5, 5.41) is 1.62. The van der Waals surface area contributed by atoms with Crippen LogP contribution in [-0.4, -0.2) is 0 Å². The molecule has 0 fully saturated rings. The highest BCUT2D eigenvalue weighted by Crippen LogP contribution is 1.89. The monoisotopic (exact) mass is 98.1 g/mol. The van der Waals surface area contributed by atoms with Crippen LogP contribution in [0.1, 0.15) is 6.92 Å². The second kappa shape index (κ2) is 2.29. The van der Waals surface area contributed by atoms with Gasteiger partial charge in [0.2, 0.25) is 5.70 Å². The zero-order valence-electron chi connectivity index (χ0n) is 4.32. The first-order valence-corrected chi connectivity index (χ1v) is 1.91. The minimum atomic E-state index is 0.347. The summed E-state index contributed by atoms with van der Waals surface area (Å²) in [5.74, 6) is 0. The smallest absolute Gasteiger partial charge is 0.0894 e. The van der Waals surface area contributed by atoms with Gasteiger partial charge in [0.1, 0.15) is 0 Å². The van der Waals surface area contributed by atoms with Crippen LogP contribution in [0.2, 0.25) is 0 Å². The van der Waals surface area contributed by atoms with Gasteiger partial charge in [-0.3, -0.25) is 0 Å². The van der Waals surface area contributed by atoms with Crippen molar-refractivity contribution in [1.82, 2.24) is 0 Å². The maximum absolute atomic E-state index is 9.66. The summed E-state index contributed by atoms with van der Waals surface area (Å²) in [6.45, 7) is 8.53. The van der Waals surface area contributed by atoms with Crippen LogP contribution in [0, 0.1) is 4.91 Å². The summed E-state index contributed by atoms with van der Waals surface area (Å²) in [4.78, 5) is 9.66. The average molecular weight is 98.1 g/mol. The van der Waals surface area contributed by atoms with Gasteiger partial charge < -0.3 is 0 Å². The first-order valence-electron chi connectivity index (χ1n) is 1.91. The van der Waals surface area contributed by atoms with Crippen molar-refractivity contribution in [3.8, 4) is 0 Å². The molecule has 0 aliphatic carbocycles. The Morgan fingerprint density at radius 2 is 2.00 bits per heavy atom. The second-order valence-electron chi connectivity index (χ2n) is 1.36. The van der Waals surface area contributed by atoms with Crippen LogP contribution in [0.3, 0.4) is 0 Å². The van der Waals surface area contributed by atoms with Gasteiger partial charge >= 0.3 is 0 Å². The van der Waals surface area contributed by atoms with Gasteiger partial charge in [-0.05, 0) is 13.5 Å². The molecular formula is C5H8NO+. The van der Waals surface area contributed by atoms with Gasteiger partial charge in [-0.2, -0.15) is 0 Å². The lowest BCUT2D eigenvalue weighted by atomic mass is 10.3. The van der Waals surface area contributed by atoms with Gasteiger partial charge in [-0.25, -0.2) is 0 Å². The molecule has 0 spiro atoms. The topological polar surface area (TPSA) is 31.0 Å². The van der Waals surface area contributed by atoms with Gasteiger partial charge in [-0.15, -0.1) is 0 Å². The van der Waals surface area contributed by atoms with Crippen LogP contribution in [0.5, 0.6) is 0 Å². The molecule has 0 amide bonds. The third kappa shape index (κ3) is 1.87. The minimum absolute atomic E-state index is 0.347. The molecule has 2 heteroatoms. The van der Waals surface area contributed by atoms with Crippen molar-refractivity contribution in [2.24, 2.45) is 0 Å². The number of rotatable bonds is 2. The van der Waals surface area contributed by atoms with Crippen molar-refractivity contribution in [3.63, 3.8) is 0 Å². The average Bonchev–Trinajstić information content (AvgIpc) is 1.65. The Bertz CT molecular complexity index is 115. The van der Waals surface area contributed by atoms with Crippen molar-refractivity contribution in [2.45, 2.75) is 6.92 Å². The summed E-state index contributed by atoms with van der Waals surface area (Å²) < 4.78 is 0. The van der Waals surface area contributed by atoms with Gasteiger partial charge in [-0.1, -0.05) is 6.58 Å². The standard InChI is InChI=1S/C5H7NO/c1-4(2)5(3)6-7/h1,3H2,2H3/p+1. The molecule has 2 nitrogen and oxygen atoms in total. The summed E-state index contributed by atoms with van der Waals surface area (Å²) in [6.07, 6.45) is 0. The van der Waals surface area contributed by atoms with Crippen LogP contribution in [0.4, 0.5) is 0 Å². The highest BCUT2D eigenvalue weighted by atomic mass is 16.3. The van der Waals surface area contributed by atoms with E-state index in [2.05, 4.69) is 13.2 Å². The van der Waals surface area contributed by atoms with Crippen LogP contribution in [0.25, 0.3) is 0 Å². The zero-order valence-corrected chi connectivity index (χ0v) is 4.32. The predicted octanol–water partition coefficient (Wildman–Crippen LogP) is -0.0768. The maximum atomic E-state index is 9.66. The largest absolute Gasteiger partial charge is 0.248 e. The molecule has 0 atom stereocenters. The van der Waals surface area contributed by atoms with E-state index in [1.54, 1.807) is 12.1 Å². The van der Waals surface area contributed by atoms with Crippen molar-refractivity contribution in [1.29, 1.82) is 0 Å². The molecule has 0 rings (SSSR count). The fraction of sp³-hybridized carbons (Fsp3) is 0.200. The van der Waals surface area contributed by atoms with E-state index in [1.807, 2.05) is 0 Å². The van der Waals surface area contributed by atoms with Crippen molar-refractivity contribution >= 4 is 0 Å². The van der Waals surface area contributed by atoms with Crippen molar-refractivity contribution in [3.05, 3.63) is 29.3 Å². The molecule has 0 aromatic rings. The molecule has 0 aliphatic heterocycles. The Labute approximate surface area is 42.5 Å². The number of nitroso groups, excluding NO2 is 1. The molecule has 1 N–H and O–H groups in total. The second-order valence-corrected chi connectivity index (χ2v) is 1.36. The number of hydrogen-bond acceptors (Lipinski definition) is 1. The fourth-order valence-corrected chi connectivity index (χ4v) is 0.0871. The van der Waals surface area contributed by atoms with E-state index >= 15 is 0 Å². The molecule has 0 bridgehead atoms. The third-order valence-electron chi connectivity index (χ3n) is 0.638. The summed E-state index contributed by atoms with van der Waals surface area (Å²) >= 11 is 0. The third-order valence-corrected chi connectivity index (χ3v) is 0.638. The van der Waals surface area contributed by atoms with E-state index in [4.69, 9.17) is 0 Å². The molecule has 7 heavy (non-hydrogen) atoms. The lowest BCUT2D eigenvalue weighted by molar-refractivity contribution is -0.417. The fourth-order valence-electron chi connectivity index (χ4n) is 0.0871. The van der Waals surface area contributed by atoms with Gasteiger partial charge in [0.15, 0.2) is 0 Å². The van der Waals surface area contributed by atoms with Gasteiger partial charge in [0.25, 0.3) is 0 Å². The van der Waals surface area contributed by atoms with Crippen LogP contribution in [0.15, 0.2) is 24.4 Å². The SMILES string of the molecule is C=C(C)C(=C)[NH+]=O. The Kier molecular flexibility index (Phi) is 1.99. The van der Waals surface area contributed by atoms with Crippen LogP contribution < -0.4 is 5.18 Å². The summed E-state index contributed by atoms with van der Waals surface area (Å²) in [6, 6.07) is 0. The zero-order chi connectivity index (χ0) is 5.86. The molecule has 0 aromatic heterocycles. The van der Waals surface area contributed by atoms with Gasteiger partial charge in [0.05, 0.1) is 0 Å². The lowest BCUT2D eigenvalue weighted by Gasteiger charge is -1.78. The first kappa shape index (κ1) is 6.08. The van der Waals surface area contributed by atoms with E-state index in [1.165, 1.54) is 0 Å². The molecule has 0 aromatic carbocycles. The quantitative estimate of drug-likeness (QED) is 0.481. The number of hydrogen-bond donors (Lipinski definition) is 1. The van der Waals surface area contributed by atoms with E-state index < -0.39 is 0 Å². The molecule has 38 valence electrons. The Hall–Kier alpha value is -0.920. The Morgan fingerprint density at radius 3 is 2.00 bits per heavy atom. The lowest BCUT2D eigenvalue weighted by Crippen LogP contribution is -2.61. The molecule has 0 saturated heterocycles. The van der Waals surface area contributed by atoms with Crippen molar-refractivity contribution < 1.29 is 5.18 Å². The minimum Gasteiger partial charge on any atom is -0.0894 e. The molecule has 0 aliphatic rings. The number of allylic oxidation sites excluding steroid dienone is 1. The summed E-state index contributed by atoms with van der Waals surface area (Å²) in [5.41, 5.74) is 1.02. The molecular weight excluding hydrogens is 90.1 g/mol. The highest BCUT2D eigenvalue weighted by molar-refractivity contribution is 5.12. The van der Waals surface area contributed by atoms with E-state index in [-0.39, 0.29) is 0 Å². The Balaban J connectivity index is 3.81. The summed E-state index contributed by atoms with van der Waals surface area (Å²) in [7, 11) is 0. The van der Waals surface area contributed by atoms with Crippen LogP contribution in [-0.2, 0) is 0 Å². The van der Waals surface area contributed by atoms with E-state index in [9.17, 15) is 4.91 Å². The van der Waals surface area contributed by atoms with Gasteiger partial charge in [0, 0.05) is 15.7 Å². The van der Waals surface area contributed by atoms with Crippen LogP contribution >= 0.6 is 0 Å². The molecule has 0 saturated carbocycles. The van der Waals surface area contributed by atoms with E-state index in [0.717, 1.165) is 0 Å². The molecule has 0 unspecified atom stereocenters. The maximum Gasteiger partial charge on any atom is 0.248 e. The number of nitrogens with one attached hydrogen (secondary N) is 1. The molecule has 0 radical (unpaired) electrons. The molecule has 0 heterocycles. The van der Waals surface area contributed by atoms with E-state index in [0.29, 0.717) is 11.3 Å². The first-order chi connectivity index (χ1) is 3.18. The Morgan fingerprint density at radius 1 is 1.57 bits per heavy atom. The normalized spacial score (nSPS) is 7.57. The highest BCUT2D eigenvalue weighted by Gasteiger charge is 1.95.